The van der Waals surface area contributed by atoms with Crippen LogP contribution in [-0.2, 0) is 4.79 Å². The third-order valence-corrected chi connectivity index (χ3v) is 2.23. The van der Waals surface area contributed by atoms with Crippen molar-refractivity contribution in [3.05, 3.63) is 24.0 Å². The third kappa shape index (κ3) is 2.68. The predicted molar refractivity (Wildman–Crippen MR) is 57.3 cm³/mol. The minimum absolute atomic E-state index is 0.230. The number of carbonyl (C=O) groups excluding carboxylic acids is 1. The van der Waals surface area contributed by atoms with Crippen LogP contribution >= 0.6 is 0 Å². The SMILES string of the molecule is CC(=O)Nc1cc(NC2CC2)ccc1F. The summed E-state index contributed by atoms with van der Waals surface area (Å²) in [5, 5.41) is 5.69. The molecule has 1 aliphatic rings. The van der Waals surface area contributed by atoms with Gasteiger partial charge in [-0.3, -0.25) is 4.79 Å². The molecule has 0 atom stereocenters. The number of rotatable bonds is 3. The Kier molecular flexibility index (Phi) is 2.58. The van der Waals surface area contributed by atoms with Crippen LogP contribution in [0.15, 0.2) is 18.2 Å². The Bertz CT molecular complexity index is 388. The predicted octanol–water partition coefficient (Wildman–Crippen LogP) is 2.36. The van der Waals surface area contributed by atoms with Gasteiger partial charge in [-0.15, -0.1) is 0 Å². The maximum Gasteiger partial charge on any atom is 0.221 e. The fourth-order valence-corrected chi connectivity index (χ4v) is 1.36. The topological polar surface area (TPSA) is 41.1 Å². The molecule has 1 aromatic rings. The van der Waals surface area contributed by atoms with Crippen molar-refractivity contribution in [1.82, 2.24) is 0 Å². The van der Waals surface area contributed by atoms with Crippen LogP contribution in [0.3, 0.4) is 0 Å². The Hall–Kier alpha value is -1.58. The van der Waals surface area contributed by atoms with Crippen LogP contribution in [0.5, 0.6) is 0 Å². The molecule has 2 N–H and O–H groups in total. The van der Waals surface area contributed by atoms with E-state index in [0.717, 1.165) is 18.5 Å². The summed E-state index contributed by atoms with van der Waals surface area (Å²) in [4.78, 5) is 10.8. The summed E-state index contributed by atoms with van der Waals surface area (Å²) in [6, 6.07) is 5.17. The van der Waals surface area contributed by atoms with E-state index in [1.54, 1.807) is 12.1 Å². The molecule has 0 heterocycles. The standard InChI is InChI=1S/C11H13FN2O/c1-7(15)13-11-6-9(4-5-10(11)12)14-8-2-3-8/h4-6,8,14H,2-3H2,1H3,(H,13,15). The van der Waals surface area contributed by atoms with Gasteiger partial charge in [-0.1, -0.05) is 0 Å². The van der Waals surface area contributed by atoms with Gasteiger partial charge in [-0.05, 0) is 31.0 Å². The van der Waals surface area contributed by atoms with Gasteiger partial charge < -0.3 is 10.6 Å². The quantitative estimate of drug-likeness (QED) is 0.800. The minimum Gasteiger partial charge on any atom is -0.382 e. The van der Waals surface area contributed by atoms with E-state index in [4.69, 9.17) is 0 Å². The van der Waals surface area contributed by atoms with E-state index < -0.39 is 5.82 Å². The minimum atomic E-state index is -0.411. The van der Waals surface area contributed by atoms with Gasteiger partial charge in [0, 0.05) is 18.7 Å². The Morgan fingerprint density at radius 2 is 2.20 bits per heavy atom. The van der Waals surface area contributed by atoms with Crippen molar-refractivity contribution in [2.24, 2.45) is 0 Å². The van der Waals surface area contributed by atoms with Crippen molar-refractivity contribution in [1.29, 1.82) is 0 Å². The lowest BCUT2D eigenvalue weighted by Crippen LogP contribution is -2.08. The van der Waals surface area contributed by atoms with Crippen LogP contribution < -0.4 is 10.6 Å². The fraction of sp³-hybridized carbons (Fsp3) is 0.364. The largest absolute Gasteiger partial charge is 0.382 e. The Labute approximate surface area is 87.7 Å². The highest BCUT2D eigenvalue weighted by atomic mass is 19.1. The molecule has 15 heavy (non-hydrogen) atoms. The molecule has 0 radical (unpaired) electrons. The average Bonchev–Trinajstić information content (AvgIpc) is 2.94. The van der Waals surface area contributed by atoms with Gasteiger partial charge in [-0.2, -0.15) is 0 Å². The summed E-state index contributed by atoms with van der Waals surface area (Å²) >= 11 is 0. The van der Waals surface area contributed by atoms with Crippen molar-refractivity contribution in [2.75, 3.05) is 10.6 Å². The Morgan fingerprint density at radius 3 is 2.80 bits per heavy atom. The molecular formula is C11H13FN2O. The van der Waals surface area contributed by atoms with Crippen molar-refractivity contribution in [3.8, 4) is 0 Å². The van der Waals surface area contributed by atoms with Crippen LogP contribution in [0.4, 0.5) is 15.8 Å². The van der Waals surface area contributed by atoms with Gasteiger partial charge >= 0.3 is 0 Å². The lowest BCUT2D eigenvalue weighted by atomic mass is 10.2. The van der Waals surface area contributed by atoms with Crippen molar-refractivity contribution >= 4 is 17.3 Å². The molecule has 1 aromatic carbocycles. The molecule has 1 amide bonds. The summed E-state index contributed by atoms with van der Waals surface area (Å²) in [6.07, 6.45) is 2.32. The van der Waals surface area contributed by atoms with Crippen molar-refractivity contribution in [2.45, 2.75) is 25.8 Å². The molecular weight excluding hydrogens is 195 g/mol. The summed E-state index contributed by atoms with van der Waals surface area (Å²) in [5.41, 5.74) is 1.08. The molecule has 1 aliphatic carbocycles. The van der Waals surface area contributed by atoms with Gasteiger partial charge in [0.05, 0.1) is 5.69 Å². The van der Waals surface area contributed by atoms with E-state index in [1.165, 1.54) is 13.0 Å². The second-order valence-electron chi connectivity index (χ2n) is 3.79. The summed E-state index contributed by atoms with van der Waals surface area (Å²) in [5.74, 6) is -0.677. The van der Waals surface area contributed by atoms with E-state index in [-0.39, 0.29) is 11.6 Å². The van der Waals surface area contributed by atoms with E-state index in [2.05, 4.69) is 10.6 Å². The number of amides is 1. The first-order valence-electron chi connectivity index (χ1n) is 4.99. The maximum absolute atomic E-state index is 13.2. The number of nitrogens with one attached hydrogen (secondary N) is 2. The van der Waals surface area contributed by atoms with Gasteiger partial charge in [-0.25, -0.2) is 4.39 Å². The van der Waals surface area contributed by atoms with E-state index >= 15 is 0 Å². The van der Waals surface area contributed by atoms with Crippen LogP contribution in [0, 0.1) is 5.82 Å². The molecule has 0 bridgehead atoms. The van der Waals surface area contributed by atoms with Crippen molar-refractivity contribution in [3.63, 3.8) is 0 Å². The Morgan fingerprint density at radius 1 is 1.47 bits per heavy atom. The number of halogens is 1. The van der Waals surface area contributed by atoms with Gasteiger partial charge in [0.2, 0.25) is 5.91 Å². The highest BCUT2D eigenvalue weighted by Gasteiger charge is 2.21. The molecule has 4 heteroatoms. The summed E-state index contributed by atoms with van der Waals surface area (Å²) in [6.45, 7) is 1.36. The van der Waals surface area contributed by atoms with Gasteiger partial charge in [0.15, 0.2) is 0 Å². The molecule has 0 aliphatic heterocycles. The Balaban J connectivity index is 2.15. The fourth-order valence-electron chi connectivity index (χ4n) is 1.36. The first-order valence-corrected chi connectivity index (χ1v) is 4.99. The van der Waals surface area contributed by atoms with E-state index in [1.807, 2.05) is 0 Å². The number of anilines is 2. The lowest BCUT2D eigenvalue weighted by molar-refractivity contribution is -0.114. The molecule has 0 spiro atoms. The molecule has 80 valence electrons. The zero-order valence-electron chi connectivity index (χ0n) is 8.51. The van der Waals surface area contributed by atoms with Crippen LogP contribution in [0.25, 0.3) is 0 Å². The lowest BCUT2D eigenvalue weighted by Gasteiger charge is -2.08. The molecule has 2 rings (SSSR count). The second-order valence-corrected chi connectivity index (χ2v) is 3.79. The number of benzene rings is 1. The molecule has 1 saturated carbocycles. The van der Waals surface area contributed by atoms with Crippen LogP contribution in [0.1, 0.15) is 19.8 Å². The maximum atomic E-state index is 13.2. The zero-order valence-corrected chi connectivity index (χ0v) is 8.51. The summed E-state index contributed by atoms with van der Waals surface area (Å²) in [7, 11) is 0. The molecule has 1 fully saturated rings. The second kappa shape index (κ2) is 3.88. The molecule has 0 saturated heterocycles. The molecule has 3 nitrogen and oxygen atoms in total. The van der Waals surface area contributed by atoms with Crippen molar-refractivity contribution < 1.29 is 9.18 Å². The smallest absolute Gasteiger partial charge is 0.221 e. The van der Waals surface area contributed by atoms with Gasteiger partial charge in [0.25, 0.3) is 0 Å². The average molecular weight is 208 g/mol. The monoisotopic (exact) mass is 208 g/mol. The van der Waals surface area contributed by atoms with Crippen LogP contribution in [-0.4, -0.2) is 11.9 Å². The van der Waals surface area contributed by atoms with E-state index in [9.17, 15) is 9.18 Å². The summed E-state index contributed by atoms with van der Waals surface area (Å²) < 4.78 is 13.2. The zero-order chi connectivity index (χ0) is 10.8. The molecule has 0 unspecified atom stereocenters. The number of hydrogen-bond acceptors (Lipinski definition) is 2. The third-order valence-electron chi connectivity index (χ3n) is 2.23. The number of carbonyl (C=O) groups is 1. The number of hydrogen-bond donors (Lipinski definition) is 2. The van der Waals surface area contributed by atoms with Gasteiger partial charge in [0.1, 0.15) is 5.82 Å². The normalized spacial score (nSPS) is 14.8. The highest BCUT2D eigenvalue weighted by molar-refractivity contribution is 5.89. The first-order chi connectivity index (χ1) is 7.15. The molecule has 0 aromatic heterocycles. The van der Waals surface area contributed by atoms with E-state index in [0.29, 0.717) is 6.04 Å². The first kappa shape index (κ1) is 9.96. The van der Waals surface area contributed by atoms with Crippen LogP contribution in [0.2, 0.25) is 0 Å². The highest BCUT2D eigenvalue weighted by Crippen LogP contribution is 2.27.